The van der Waals surface area contributed by atoms with Crippen molar-refractivity contribution in [2.24, 2.45) is 0 Å². The van der Waals surface area contributed by atoms with Crippen LogP contribution in [0.1, 0.15) is 142 Å². The summed E-state index contributed by atoms with van der Waals surface area (Å²) in [5.74, 6) is -0.292. The third-order valence-corrected chi connectivity index (χ3v) is 12.7. The van der Waals surface area contributed by atoms with Gasteiger partial charge >= 0.3 is 0 Å². The zero-order valence-corrected chi connectivity index (χ0v) is 39.9. The van der Waals surface area contributed by atoms with Crippen LogP contribution >= 0.6 is 0 Å². The predicted octanol–water partition coefficient (Wildman–Crippen LogP) is 1.25. The van der Waals surface area contributed by atoms with Crippen LogP contribution in [0.3, 0.4) is 0 Å². The average molecular weight is 966 g/mol. The number of hydrogen-bond acceptors (Lipinski definition) is 18. The molecule has 19 nitrogen and oxygen atoms in total. The maximum atomic E-state index is 13.1. The van der Waals surface area contributed by atoms with Crippen molar-refractivity contribution in [1.82, 2.24) is 5.32 Å². The molecule has 3 fully saturated rings. The average Bonchev–Trinajstić information content (AvgIpc) is 3.32. The molecule has 3 rings (SSSR count). The van der Waals surface area contributed by atoms with Crippen LogP contribution in [0.2, 0.25) is 0 Å². The second-order valence-electron chi connectivity index (χ2n) is 18.3. The molecule has 0 aromatic heterocycles. The van der Waals surface area contributed by atoms with E-state index in [0.29, 0.717) is 12.8 Å². The minimum Gasteiger partial charge on any atom is -0.394 e. The summed E-state index contributed by atoms with van der Waals surface area (Å²) in [5.41, 5.74) is 0. The zero-order chi connectivity index (χ0) is 49.1. The van der Waals surface area contributed by atoms with Gasteiger partial charge in [0, 0.05) is 6.42 Å². The Labute approximate surface area is 397 Å². The lowest BCUT2D eigenvalue weighted by atomic mass is 9.96. The van der Waals surface area contributed by atoms with Gasteiger partial charge in [-0.3, -0.25) is 4.79 Å². The van der Waals surface area contributed by atoms with Gasteiger partial charge in [0.25, 0.3) is 0 Å². The normalized spacial score (nSPS) is 33.7. The minimum atomic E-state index is -1.97. The third-order valence-electron chi connectivity index (χ3n) is 12.7. The lowest BCUT2D eigenvalue weighted by molar-refractivity contribution is -0.379. The number of amides is 1. The Morgan fingerprint density at radius 3 is 1.48 bits per heavy atom. The fraction of sp³-hybridized carbons (Fsp3) is 0.896. The number of nitrogens with one attached hydrogen (secondary N) is 1. The molecule has 0 aromatic carbocycles. The molecular weight excluding hydrogens is 879 g/mol. The Morgan fingerprint density at radius 2 is 0.955 bits per heavy atom. The van der Waals surface area contributed by atoms with Crippen molar-refractivity contribution in [1.29, 1.82) is 0 Å². The SMILES string of the molecule is CCCC/C=C/C(O)C(COC1OC(CO)C(OC2OC(CO)C(OC3OC(CO)C(O)C(O)C3O)C(O)C2O)C(O)C1O)NC(=O)CCCCCCCCC/C=C\CCCCCCCCC. The van der Waals surface area contributed by atoms with E-state index < -0.39 is 124 Å². The lowest BCUT2D eigenvalue weighted by Crippen LogP contribution is -2.66. The summed E-state index contributed by atoms with van der Waals surface area (Å²) in [4.78, 5) is 13.1. The van der Waals surface area contributed by atoms with Crippen LogP contribution in [0, 0.1) is 0 Å². The van der Waals surface area contributed by atoms with Gasteiger partial charge in [-0.2, -0.15) is 0 Å². The van der Waals surface area contributed by atoms with E-state index in [4.69, 9.17) is 28.4 Å². The first kappa shape index (κ1) is 59.6. The Morgan fingerprint density at radius 1 is 0.522 bits per heavy atom. The van der Waals surface area contributed by atoms with E-state index >= 15 is 0 Å². The van der Waals surface area contributed by atoms with Crippen LogP contribution < -0.4 is 5.32 Å². The number of allylic oxidation sites excluding steroid dienone is 3. The van der Waals surface area contributed by atoms with Crippen LogP contribution in [-0.2, 0) is 33.2 Å². The van der Waals surface area contributed by atoms with E-state index in [-0.39, 0.29) is 18.9 Å². The van der Waals surface area contributed by atoms with Gasteiger partial charge in [-0.25, -0.2) is 0 Å². The first-order chi connectivity index (χ1) is 32.3. The second kappa shape index (κ2) is 33.8. The highest BCUT2D eigenvalue weighted by molar-refractivity contribution is 5.76. The molecule has 3 aliphatic rings. The number of unbranched alkanes of at least 4 members (excludes halogenated alkanes) is 16. The molecule has 3 aliphatic heterocycles. The van der Waals surface area contributed by atoms with E-state index in [1.54, 1.807) is 6.08 Å². The Kier molecular flexibility index (Phi) is 30.0. The van der Waals surface area contributed by atoms with Crippen molar-refractivity contribution in [3.63, 3.8) is 0 Å². The fourth-order valence-electron chi connectivity index (χ4n) is 8.46. The molecule has 0 bridgehead atoms. The fourth-order valence-corrected chi connectivity index (χ4v) is 8.46. The largest absolute Gasteiger partial charge is 0.394 e. The van der Waals surface area contributed by atoms with Gasteiger partial charge in [-0.15, -0.1) is 0 Å². The maximum Gasteiger partial charge on any atom is 0.220 e. The highest BCUT2D eigenvalue weighted by atomic mass is 16.8. The van der Waals surface area contributed by atoms with Crippen molar-refractivity contribution >= 4 is 5.91 Å². The number of aliphatic hydroxyl groups is 11. The molecule has 0 aromatic rings. The molecule has 392 valence electrons. The molecule has 3 heterocycles. The molecule has 0 aliphatic carbocycles. The van der Waals surface area contributed by atoms with Crippen molar-refractivity contribution in [3.05, 3.63) is 24.3 Å². The number of carbonyl (C=O) groups is 1. The number of carbonyl (C=O) groups excluding carboxylic acids is 1. The van der Waals surface area contributed by atoms with Gasteiger partial charge in [0.05, 0.1) is 38.6 Å². The summed E-state index contributed by atoms with van der Waals surface area (Å²) in [6.07, 6.45) is 2.78. The zero-order valence-electron chi connectivity index (χ0n) is 39.9. The molecule has 0 saturated carbocycles. The summed E-state index contributed by atoms with van der Waals surface area (Å²) in [7, 11) is 0. The van der Waals surface area contributed by atoms with Crippen LogP contribution in [-0.4, -0.2) is 193 Å². The standard InChI is InChI=1S/C48H87NO18/c1-3-5-7-9-10-11-12-13-14-15-16-17-18-19-20-21-22-24-26-36(54)49-31(32(53)25-23-8-6-4-2)30-62-46-42(60)39(57)44(34(28-51)64-46)67-48-43(61)40(58)45(35(29-52)65-48)66-47-41(59)38(56)37(55)33(27-50)63-47/h14-15,23,25,31-35,37-48,50-53,55-61H,3-13,16-22,24,26-30H2,1-2H3,(H,49,54)/b15-14-,25-23+. The van der Waals surface area contributed by atoms with Gasteiger partial charge in [0.1, 0.15) is 73.2 Å². The van der Waals surface area contributed by atoms with E-state index in [0.717, 1.165) is 44.9 Å². The van der Waals surface area contributed by atoms with Gasteiger partial charge in [-0.1, -0.05) is 122 Å². The van der Waals surface area contributed by atoms with Crippen LogP contribution in [0.4, 0.5) is 0 Å². The number of hydrogen-bond donors (Lipinski definition) is 12. The van der Waals surface area contributed by atoms with E-state index in [2.05, 4.69) is 24.4 Å². The molecular formula is C48H87NO18. The number of aliphatic hydroxyl groups excluding tert-OH is 11. The van der Waals surface area contributed by atoms with Gasteiger partial charge in [0.15, 0.2) is 18.9 Å². The summed E-state index contributed by atoms with van der Waals surface area (Å²) in [6, 6.07) is -0.967. The quantitative estimate of drug-likeness (QED) is 0.0319. The smallest absolute Gasteiger partial charge is 0.220 e. The van der Waals surface area contributed by atoms with Crippen molar-refractivity contribution in [2.45, 2.75) is 247 Å². The molecule has 17 atom stereocenters. The van der Waals surface area contributed by atoms with Crippen LogP contribution in [0.25, 0.3) is 0 Å². The van der Waals surface area contributed by atoms with E-state index in [1.165, 1.54) is 64.2 Å². The van der Waals surface area contributed by atoms with Crippen molar-refractivity contribution in [3.8, 4) is 0 Å². The lowest BCUT2D eigenvalue weighted by Gasteiger charge is -2.48. The minimum absolute atomic E-state index is 0.237. The molecule has 3 saturated heterocycles. The van der Waals surface area contributed by atoms with Gasteiger partial charge < -0.3 is 89.9 Å². The van der Waals surface area contributed by atoms with Crippen LogP contribution in [0.15, 0.2) is 24.3 Å². The Balaban J connectivity index is 1.47. The van der Waals surface area contributed by atoms with E-state index in [9.17, 15) is 61.0 Å². The second-order valence-corrected chi connectivity index (χ2v) is 18.3. The predicted molar refractivity (Wildman–Crippen MR) is 245 cm³/mol. The van der Waals surface area contributed by atoms with Crippen molar-refractivity contribution < 1.29 is 89.4 Å². The monoisotopic (exact) mass is 966 g/mol. The summed E-state index contributed by atoms with van der Waals surface area (Å²) >= 11 is 0. The summed E-state index contributed by atoms with van der Waals surface area (Å²) in [5, 5.41) is 119. The van der Waals surface area contributed by atoms with Crippen molar-refractivity contribution in [2.75, 3.05) is 26.4 Å². The molecule has 12 N–H and O–H groups in total. The Hall–Kier alpha value is -1.73. The molecule has 0 radical (unpaired) electrons. The van der Waals surface area contributed by atoms with E-state index in [1.807, 2.05) is 13.0 Å². The highest BCUT2D eigenvalue weighted by Crippen LogP contribution is 2.33. The Bertz CT molecular complexity index is 1340. The van der Waals surface area contributed by atoms with Gasteiger partial charge in [-0.05, 0) is 38.5 Å². The molecule has 1 amide bonds. The molecule has 17 unspecified atom stereocenters. The number of ether oxygens (including phenoxy) is 6. The maximum absolute atomic E-state index is 13.1. The summed E-state index contributed by atoms with van der Waals surface area (Å²) < 4.78 is 33.9. The molecule has 19 heteroatoms. The van der Waals surface area contributed by atoms with Crippen LogP contribution in [0.5, 0.6) is 0 Å². The highest BCUT2D eigenvalue weighted by Gasteiger charge is 2.53. The first-order valence-electron chi connectivity index (χ1n) is 25.1. The number of rotatable bonds is 34. The van der Waals surface area contributed by atoms with Gasteiger partial charge in [0.2, 0.25) is 5.91 Å². The topological polar surface area (TPSA) is 307 Å². The third kappa shape index (κ3) is 20.1. The molecule has 0 spiro atoms. The first-order valence-corrected chi connectivity index (χ1v) is 25.1. The molecule has 67 heavy (non-hydrogen) atoms. The summed E-state index contributed by atoms with van der Waals surface area (Å²) in [6.45, 7) is 1.51.